The summed E-state index contributed by atoms with van der Waals surface area (Å²) in [7, 11) is 2.05. The Labute approximate surface area is 127 Å². The van der Waals surface area contributed by atoms with E-state index in [4.69, 9.17) is 5.10 Å². The van der Waals surface area contributed by atoms with E-state index in [0.717, 1.165) is 25.6 Å². The molecule has 2 heterocycles. The molecule has 21 heavy (non-hydrogen) atoms. The van der Waals surface area contributed by atoms with Crippen molar-refractivity contribution < 1.29 is 0 Å². The molecule has 1 N–H and O–H groups in total. The highest BCUT2D eigenvalue weighted by Gasteiger charge is 2.21. The van der Waals surface area contributed by atoms with E-state index >= 15 is 0 Å². The summed E-state index contributed by atoms with van der Waals surface area (Å²) in [6.45, 7) is 7.59. The molecule has 4 nitrogen and oxygen atoms in total. The Morgan fingerprint density at radius 2 is 2.19 bits per heavy atom. The summed E-state index contributed by atoms with van der Waals surface area (Å²) in [5, 5.41) is 9.47. The van der Waals surface area contributed by atoms with Crippen LogP contribution in [0.15, 0.2) is 24.3 Å². The number of para-hydroxylation sites is 1. The van der Waals surface area contributed by atoms with Gasteiger partial charge in [-0.05, 0) is 51.9 Å². The van der Waals surface area contributed by atoms with Gasteiger partial charge in [0.25, 0.3) is 0 Å². The Morgan fingerprint density at radius 3 is 3.00 bits per heavy atom. The number of likely N-dealkylation sites (tertiary alicyclic amines) is 1. The van der Waals surface area contributed by atoms with Crippen molar-refractivity contribution in [3.05, 3.63) is 30.0 Å². The number of aryl methyl sites for hydroxylation is 1. The fourth-order valence-electron chi connectivity index (χ4n) is 3.52. The van der Waals surface area contributed by atoms with E-state index in [2.05, 4.69) is 53.1 Å². The molecule has 0 saturated carbocycles. The first-order chi connectivity index (χ1) is 10.3. The van der Waals surface area contributed by atoms with Crippen LogP contribution in [0.2, 0.25) is 0 Å². The van der Waals surface area contributed by atoms with Crippen LogP contribution in [0, 0.1) is 5.92 Å². The highest BCUT2D eigenvalue weighted by molar-refractivity contribution is 5.81. The van der Waals surface area contributed by atoms with Gasteiger partial charge in [-0.1, -0.05) is 18.2 Å². The first-order valence-electron chi connectivity index (χ1n) is 8.13. The standard InChI is InChI=1S/C17H26N4/c1-3-21-17-9-5-4-8-15(17)16(19-21)13-20-10-6-7-14(12-20)11-18-2/h4-5,8-9,14,18H,3,6-7,10-13H2,1-2H3. The van der Waals surface area contributed by atoms with Gasteiger partial charge >= 0.3 is 0 Å². The minimum atomic E-state index is 0.781. The summed E-state index contributed by atoms with van der Waals surface area (Å²) in [6.07, 6.45) is 2.65. The van der Waals surface area contributed by atoms with E-state index in [1.807, 2.05) is 0 Å². The molecule has 1 atom stereocenters. The van der Waals surface area contributed by atoms with Crippen LogP contribution in [0.3, 0.4) is 0 Å². The molecule has 1 fully saturated rings. The zero-order valence-electron chi connectivity index (χ0n) is 13.2. The molecule has 0 spiro atoms. The largest absolute Gasteiger partial charge is 0.319 e. The lowest BCUT2D eigenvalue weighted by Crippen LogP contribution is -2.38. The van der Waals surface area contributed by atoms with Gasteiger partial charge in [0, 0.05) is 25.0 Å². The van der Waals surface area contributed by atoms with Gasteiger partial charge in [0.1, 0.15) is 0 Å². The van der Waals surface area contributed by atoms with Crippen molar-refractivity contribution in [1.82, 2.24) is 20.0 Å². The van der Waals surface area contributed by atoms with E-state index in [9.17, 15) is 0 Å². The SMILES string of the molecule is CCn1nc(CN2CCCC(CNC)C2)c2ccccc21. The van der Waals surface area contributed by atoms with Crippen LogP contribution in [0.4, 0.5) is 0 Å². The zero-order valence-corrected chi connectivity index (χ0v) is 13.2. The average molecular weight is 286 g/mol. The first-order valence-corrected chi connectivity index (χ1v) is 8.13. The lowest BCUT2D eigenvalue weighted by atomic mass is 9.98. The fraction of sp³-hybridized carbons (Fsp3) is 0.588. The number of aromatic nitrogens is 2. The van der Waals surface area contributed by atoms with E-state index < -0.39 is 0 Å². The Morgan fingerprint density at radius 1 is 1.33 bits per heavy atom. The van der Waals surface area contributed by atoms with Gasteiger partial charge in [-0.15, -0.1) is 0 Å². The number of nitrogens with one attached hydrogen (secondary N) is 1. The number of rotatable bonds is 5. The van der Waals surface area contributed by atoms with Crippen molar-refractivity contribution in [3.63, 3.8) is 0 Å². The van der Waals surface area contributed by atoms with Crippen LogP contribution in [0.5, 0.6) is 0 Å². The van der Waals surface area contributed by atoms with Crippen molar-refractivity contribution in [3.8, 4) is 0 Å². The van der Waals surface area contributed by atoms with Gasteiger partial charge in [0.2, 0.25) is 0 Å². The topological polar surface area (TPSA) is 33.1 Å². The predicted octanol–water partition coefficient (Wildman–Crippen LogP) is 2.49. The highest BCUT2D eigenvalue weighted by Crippen LogP contribution is 2.22. The number of hydrogen-bond donors (Lipinski definition) is 1. The molecule has 0 radical (unpaired) electrons. The lowest BCUT2D eigenvalue weighted by Gasteiger charge is -2.32. The molecule has 0 bridgehead atoms. The molecule has 1 aromatic heterocycles. The van der Waals surface area contributed by atoms with Gasteiger partial charge in [-0.3, -0.25) is 9.58 Å². The average Bonchev–Trinajstić information content (AvgIpc) is 2.86. The number of nitrogens with zero attached hydrogens (tertiary/aromatic N) is 3. The molecule has 1 aliphatic rings. The van der Waals surface area contributed by atoms with Crippen molar-refractivity contribution >= 4 is 10.9 Å². The second-order valence-electron chi connectivity index (χ2n) is 6.08. The summed E-state index contributed by atoms with van der Waals surface area (Å²) >= 11 is 0. The van der Waals surface area contributed by atoms with Gasteiger partial charge in [0.05, 0.1) is 11.2 Å². The van der Waals surface area contributed by atoms with Crippen LogP contribution in [-0.4, -0.2) is 41.4 Å². The summed E-state index contributed by atoms with van der Waals surface area (Å²) in [4.78, 5) is 2.57. The molecule has 1 unspecified atom stereocenters. The maximum Gasteiger partial charge on any atom is 0.0843 e. The van der Waals surface area contributed by atoms with Crippen molar-refractivity contribution in [1.29, 1.82) is 0 Å². The van der Waals surface area contributed by atoms with E-state index in [-0.39, 0.29) is 0 Å². The third kappa shape index (κ3) is 3.11. The normalized spacial score (nSPS) is 20.2. The monoisotopic (exact) mass is 286 g/mol. The minimum Gasteiger partial charge on any atom is -0.319 e. The molecule has 4 heteroatoms. The zero-order chi connectivity index (χ0) is 14.7. The van der Waals surface area contributed by atoms with E-state index in [0.29, 0.717) is 0 Å². The quantitative estimate of drug-likeness (QED) is 0.916. The van der Waals surface area contributed by atoms with E-state index in [1.54, 1.807) is 0 Å². The molecular weight excluding hydrogens is 260 g/mol. The van der Waals surface area contributed by atoms with Crippen molar-refractivity contribution in [2.75, 3.05) is 26.7 Å². The highest BCUT2D eigenvalue weighted by atomic mass is 15.3. The summed E-state index contributed by atoms with van der Waals surface area (Å²) in [5.74, 6) is 0.781. The Bertz CT molecular complexity index is 587. The first kappa shape index (κ1) is 14.5. The van der Waals surface area contributed by atoms with Gasteiger partial charge in [-0.25, -0.2) is 0 Å². The molecule has 0 amide bonds. The molecule has 1 saturated heterocycles. The van der Waals surface area contributed by atoms with Gasteiger partial charge in [-0.2, -0.15) is 5.10 Å². The molecule has 1 aliphatic heterocycles. The van der Waals surface area contributed by atoms with Gasteiger partial charge in [0.15, 0.2) is 0 Å². The number of fused-ring (bicyclic) bond motifs is 1. The second-order valence-corrected chi connectivity index (χ2v) is 6.08. The Kier molecular flexibility index (Phi) is 4.56. The molecular formula is C17H26N4. The van der Waals surface area contributed by atoms with E-state index in [1.165, 1.54) is 42.5 Å². The predicted molar refractivity (Wildman–Crippen MR) is 87.3 cm³/mol. The lowest BCUT2D eigenvalue weighted by molar-refractivity contribution is 0.165. The van der Waals surface area contributed by atoms with Crippen LogP contribution >= 0.6 is 0 Å². The second kappa shape index (κ2) is 6.58. The van der Waals surface area contributed by atoms with Crippen LogP contribution in [0.25, 0.3) is 10.9 Å². The third-order valence-corrected chi connectivity index (χ3v) is 4.50. The summed E-state index contributed by atoms with van der Waals surface area (Å²) in [6, 6.07) is 8.60. The minimum absolute atomic E-state index is 0.781. The molecule has 2 aromatic rings. The Balaban J connectivity index is 1.78. The fourth-order valence-corrected chi connectivity index (χ4v) is 3.52. The maximum atomic E-state index is 4.83. The maximum absolute atomic E-state index is 4.83. The summed E-state index contributed by atoms with van der Waals surface area (Å²) in [5.41, 5.74) is 2.50. The molecule has 114 valence electrons. The molecule has 3 rings (SSSR count). The number of benzene rings is 1. The van der Waals surface area contributed by atoms with Crippen molar-refractivity contribution in [2.45, 2.75) is 32.9 Å². The van der Waals surface area contributed by atoms with Crippen LogP contribution in [-0.2, 0) is 13.1 Å². The number of piperidine rings is 1. The van der Waals surface area contributed by atoms with Crippen LogP contribution < -0.4 is 5.32 Å². The van der Waals surface area contributed by atoms with Crippen molar-refractivity contribution in [2.24, 2.45) is 5.92 Å². The Hall–Kier alpha value is -1.39. The molecule has 1 aromatic carbocycles. The number of hydrogen-bond acceptors (Lipinski definition) is 3. The van der Waals surface area contributed by atoms with Crippen LogP contribution in [0.1, 0.15) is 25.5 Å². The molecule has 0 aliphatic carbocycles. The van der Waals surface area contributed by atoms with Gasteiger partial charge < -0.3 is 5.32 Å². The smallest absolute Gasteiger partial charge is 0.0843 e. The summed E-state index contributed by atoms with van der Waals surface area (Å²) < 4.78 is 2.12. The third-order valence-electron chi connectivity index (χ3n) is 4.50.